The Hall–Kier alpha value is -4.61. The highest BCUT2D eigenvalue weighted by atomic mass is 32.1. The van der Waals surface area contributed by atoms with Crippen molar-refractivity contribution >= 4 is 45.7 Å². The van der Waals surface area contributed by atoms with Gasteiger partial charge in [0, 0.05) is 31.2 Å². The maximum absolute atomic E-state index is 14.2. The van der Waals surface area contributed by atoms with Crippen molar-refractivity contribution in [1.29, 1.82) is 0 Å². The van der Waals surface area contributed by atoms with Gasteiger partial charge in [-0.2, -0.15) is 0 Å². The SMILES string of the molecule is CCC(C)CNC(=O)C[C@H](O)[C@H](CC(C)C)NC(=O)C(Cc1cscn1)NC(=O)[C@H](Cc1cccc2ccccc12)NC(=O)CCCc1ccccc1. The summed E-state index contributed by atoms with van der Waals surface area (Å²) in [5.41, 5.74) is 4.30. The molecule has 2 unspecified atom stereocenters. The molecule has 0 saturated carbocycles. The molecule has 5 atom stereocenters. The molecule has 5 N–H and O–H groups in total. The number of benzene rings is 3. The molecule has 0 spiro atoms. The van der Waals surface area contributed by atoms with Crippen LogP contribution in [0.15, 0.2) is 83.7 Å². The third-order valence-corrected chi connectivity index (χ3v) is 10.1. The standard InChI is InChI=1S/C42H55N5O5S/c1-5-29(4)25-43-40(50)24-38(48)35(21-28(2)3)46-42(52)37(23-33-26-53-27-44-33)47-41(51)36(22-32-18-12-17-31-16-9-10-19-34(31)32)45-39(49)20-11-15-30-13-7-6-8-14-30/h6-10,12-14,16-19,26-29,35-38,48H,5,11,15,20-25H2,1-4H3,(H,43,50)(H,45,49)(H,46,52)(H,47,51)/t29?,35-,36-,37?,38-/m0/s1. The number of amides is 4. The van der Waals surface area contributed by atoms with Gasteiger partial charge < -0.3 is 26.4 Å². The first-order valence-corrected chi connectivity index (χ1v) is 19.7. The van der Waals surface area contributed by atoms with E-state index >= 15 is 0 Å². The van der Waals surface area contributed by atoms with E-state index < -0.39 is 36.0 Å². The van der Waals surface area contributed by atoms with Crippen LogP contribution in [0.1, 0.15) is 76.6 Å². The Balaban J connectivity index is 1.53. The van der Waals surface area contributed by atoms with Crippen LogP contribution in [0.25, 0.3) is 10.8 Å². The minimum atomic E-state index is -1.14. The molecule has 1 aromatic heterocycles. The van der Waals surface area contributed by atoms with E-state index in [1.807, 2.05) is 106 Å². The summed E-state index contributed by atoms with van der Waals surface area (Å²) >= 11 is 1.38. The maximum atomic E-state index is 14.2. The Bertz CT molecular complexity index is 1740. The lowest BCUT2D eigenvalue weighted by molar-refractivity contribution is -0.133. The molecule has 4 amide bonds. The van der Waals surface area contributed by atoms with Gasteiger partial charge in [0.2, 0.25) is 23.6 Å². The lowest BCUT2D eigenvalue weighted by Gasteiger charge is -2.29. The summed E-state index contributed by atoms with van der Waals surface area (Å²) in [6, 6.07) is 20.9. The van der Waals surface area contributed by atoms with Crippen molar-refractivity contribution in [2.45, 2.75) is 103 Å². The van der Waals surface area contributed by atoms with Gasteiger partial charge in [-0.25, -0.2) is 4.98 Å². The minimum absolute atomic E-state index is 0.104. The smallest absolute Gasteiger partial charge is 0.243 e. The number of aliphatic hydroxyl groups excluding tert-OH is 1. The molecule has 3 aromatic carbocycles. The lowest BCUT2D eigenvalue weighted by Crippen LogP contribution is -2.57. The fourth-order valence-electron chi connectivity index (χ4n) is 6.23. The molecule has 0 aliphatic carbocycles. The zero-order chi connectivity index (χ0) is 38.2. The quantitative estimate of drug-likeness (QED) is 0.0760. The molecule has 4 aromatic rings. The second-order valence-corrected chi connectivity index (χ2v) is 15.1. The average Bonchev–Trinajstić information content (AvgIpc) is 3.66. The number of aryl methyl sites for hydroxylation is 1. The first-order chi connectivity index (χ1) is 25.5. The van der Waals surface area contributed by atoms with E-state index in [1.54, 1.807) is 5.51 Å². The van der Waals surface area contributed by atoms with E-state index in [2.05, 4.69) is 26.3 Å². The number of fused-ring (bicyclic) bond motifs is 1. The summed E-state index contributed by atoms with van der Waals surface area (Å²) in [5.74, 6) is -1.14. The van der Waals surface area contributed by atoms with E-state index in [9.17, 15) is 24.3 Å². The Kier molecular flexibility index (Phi) is 16.4. The molecule has 4 rings (SSSR count). The number of carbonyl (C=O) groups excluding carboxylic acids is 4. The Labute approximate surface area is 317 Å². The van der Waals surface area contributed by atoms with Gasteiger partial charge in [0.05, 0.1) is 29.8 Å². The van der Waals surface area contributed by atoms with Crippen LogP contribution in [0.2, 0.25) is 0 Å². The van der Waals surface area contributed by atoms with Crippen LogP contribution in [0.4, 0.5) is 0 Å². The first kappa shape index (κ1) is 41.2. The zero-order valence-corrected chi connectivity index (χ0v) is 32.2. The number of aliphatic hydroxyl groups is 1. The largest absolute Gasteiger partial charge is 0.390 e. The summed E-state index contributed by atoms with van der Waals surface area (Å²) in [4.78, 5) is 58.7. The Morgan fingerprint density at radius 3 is 2.23 bits per heavy atom. The topological polar surface area (TPSA) is 150 Å². The molecule has 53 heavy (non-hydrogen) atoms. The Morgan fingerprint density at radius 2 is 1.51 bits per heavy atom. The van der Waals surface area contributed by atoms with Crippen molar-refractivity contribution in [2.24, 2.45) is 11.8 Å². The number of nitrogens with zero attached hydrogens (tertiary/aromatic N) is 1. The van der Waals surface area contributed by atoms with Gasteiger partial charge in [0.25, 0.3) is 0 Å². The molecule has 0 saturated heterocycles. The molecule has 1 heterocycles. The molecule has 284 valence electrons. The maximum Gasteiger partial charge on any atom is 0.243 e. The molecule has 10 nitrogen and oxygen atoms in total. The van der Waals surface area contributed by atoms with Gasteiger partial charge in [-0.05, 0) is 53.0 Å². The second-order valence-electron chi connectivity index (χ2n) is 14.4. The third kappa shape index (κ3) is 13.7. The zero-order valence-electron chi connectivity index (χ0n) is 31.3. The van der Waals surface area contributed by atoms with Crippen LogP contribution >= 0.6 is 11.3 Å². The number of rotatable bonds is 21. The molecule has 0 bridgehead atoms. The van der Waals surface area contributed by atoms with Crippen molar-refractivity contribution < 1.29 is 24.3 Å². The van der Waals surface area contributed by atoms with E-state index in [0.717, 1.165) is 34.7 Å². The average molecular weight is 742 g/mol. The van der Waals surface area contributed by atoms with Gasteiger partial charge >= 0.3 is 0 Å². The fraction of sp³-hybridized carbons (Fsp3) is 0.452. The van der Waals surface area contributed by atoms with Crippen molar-refractivity contribution in [2.75, 3.05) is 6.54 Å². The third-order valence-electron chi connectivity index (χ3n) is 9.45. The minimum Gasteiger partial charge on any atom is -0.390 e. The van der Waals surface area contributed by atoms with Gasteiger partial charge in [-0.15, -0.1) is 11.3 Å². The van der Waals surface area contributed by atoms with Crippen molar-refractivity contribution in [1.82, 2.24) is 26.3 Å². The van der Waals surface area contributed by atoms with E-state index in [4.69, 9.17) is 0 Å². The van der Waals surface area contributed by atoms with Crippen LogP contribution in [-0.2, 0) is 38.4 Å². The Morgan fingerprint density at radius 1 is 0.811 bits per heavy atom. The highest BCUT2D eigenvalue weighted by Crippen LogP contribution is 2.21. The molecule has 11 heteroatoms. The van der Waals surface area contributed by atoms with Crippen LogP contribution < -0.4 is 21.3 Å². The van der Waals surface area contributed by atoms with Crippen LogP contribution in [0.5, 0.6) is 0 Å². The normalized spacial score (nSPS) is 14.2. The lowest BCUT2D eigenvalue weighted by atomic mass is 9.96. The molecule has 0 aliphatic rings. The monoisotopic (exact) mass is 741 g/mol. The fourth-order valence-corrected chi connectivity index (χ4v) is 6.80. The predicted molar refractivity (Wildman–Crippen MR) is 211 cm³/mol. The summed E-state index contributed by atoms with van der Waals surface area (Å²) < 4.78 is 0. The van der Waals surface area contributed by atoms with E-state index in [-0.39, 0.29) is 43.4 Å². The van der Waals surface area contributed by atoms with E-state index in [1.165, 1.54) is 11.3 Å². The highest BCUT2D eigenvalue weighted by molar-refractivity contribution is 7.07. The molecular weight excluding hydrogens is 687 g/mol. The summed E-state index contributed by atoms with van der Waals surface area (Å²) in [6.07, 6.45) is 1.93. The summed E-state index contributed by atoms with van der Waals surface area (Å²) in [5, 5.41) is 26.7. The van der Waals surface area contributed by atoms with Crippen molar-refractivity contribution in [3.05, 3.63) is 101 Å². The molecule has 0 fully saturated rings. The number of hydrogen-bond donors (Lipinski definition) is 5. The van der Waals surface area contributed by atoms with Crippen LogP contribution in [0.3, 0.4) is 0 Å². The van der Waals surface area contributed by atoms with Crippen molar-refractivity contribution in [3.63, 3.8) is 0 Å². The molecular formula is C42H55N5O5S. The van der Waals surface area contributed by atoms with Crippen LogP contribution in [-0.4, -0.2) is 64.5 Å². The van der Waals surface area contributed by atoms with Crippen molar-refractivity contribution in [3.8, 4) is 0 Å². The van der Waals surface area contributed by atoms with Crippen LogP contribution in [0, 0.1) is 11.8 Å². The number of aromatic nitrogens is 1. The van der Waals surface area contributed by atoms with E-state index in [0.29, 0.717) is 31.0 Å². The summed E-state index contributed by atoms with van der Waals surface area (Å²) in [6.45, 7) is 8.55. The molecule has 0 radical (unpaired) electrons. The van der Waals surface area contributed by atoms with Gasteiger partial charge in [-0.1, -0.05) is 107 Å². The number of carbonyl (C=O) groups is 4. The predicted octanol–water partition coefficient (Wildman–Crippen LogP) is 5.52. The second kappa shape index (κ2) is 21.2. The number of thiazole rings is 1. The van der Waals surface area contributed by atoms with Gasteiger partial charge in [0.1, 0.15) is 12.1 Å². The number of nitrogens with one attached hydrogen (secondary N) is 4. The molecule has 0 aliphatic heterocycles. The first-order valence-electron chi connectivity index (χ1n) is 18.7. The highest BCUT2D eigenvalue weighted by Gasteiger charge is 2.31. The number of hydrogen-bond acceptors (Lipinski definition) is 7. The van der Waals surface area contributed by atoms with Gasteiger partial charge in [-0.3, -0.25) is 19.2 Å². The summed E-state index contributed by atoms with van der Waals surface area (Å²) in [7, 11) is 0. The van der Waals surface area contributed by atoms with Gasteiger partial charge in [0.15, 0.2) is 0 Å².